The number of thioether (sulfide) groups is 1. The summed E-state index contributed by atoms with van der Waals surface area (Å²) in [7, 11) is 0. The summed E-state index contributed by atoms with van der Waals surface area (Å²) in [6, 6.07) is 9.80. The highest BCUT2D eigenvalue weighted by molar-refractivity contribution is 7.99. The van der Waals surface area contributed by atoms with Crippen LogP contribution >= 0.6 is 11.8 Å². The van der Waals surface area contributed by atoms with Crippen molar-refractivity contribution < 1.29 is 4.42 Å². The number of hydrogen-bond acceptors (Lipinski definition) is 7. The quantitative estimate of drug-likeness (QED) is 0.563. The number of aromatic nitrogens is 3. The summed E-state index contributed by atoms with van der Waals surface area (Å²) < 4.78 is 5.46. The van der Waals surface area contributed by atoms with Gasteiger partial charge in [0.15, 0.2) is 5.76 Å². The van der Waals surface area contributed by atoms with Gasteiger partial charge in [0, 0.05) is 17.6 Å². The van der Waals surface area contributed by atoms with Gasteiger partial charge in [-0.15, -0.1) is 11.8 Å². The zero-order valence-corrected chi connectivity index (χ0v) is 13.9. The predicted octanol–water partition coefficient (Wildman–Crippen LogP) is 3.23. The van der Waals surface area contributed by atoms with Crippen molar-refractivity contribution in [2.45, 2.75) is 18.4 Å². The van der Waals surface area contributed by atoms with E-state index in [1.165, 1.54) is 11.8 Å². The highest BCUT2D eigenvalue weighted by atomic mass is 32.2. The van der Waals surface area contributed by atoms with Gasteiger partial charge in [0.2, 0.25) is 5.95 Å². The fraction of sp³-hybridized carbons (Fsp3) is 0.176. The molecule has 24 heavy (non-hydrogen) atoms. The molecule has 0 aliphatic heterocycles. The van der Waals surface area contributed by atoms with E-state index >= 15 is 0 Å². The second-order valence-electron chi connectivity index (χ2n) is 5.13. The zero-order valence-electron chi connectivity index (χ0n) is 13.1. The first kappa shape index (κ1) is 16.0. The van der Waals surface area contributed by atoms with Gasteiger partial charge in [0.05, 0.1) is 6.26 Å². The first-order valence-electron chi connectivity index (χ1n) is 7.33. The van der Waals surface area contributed by atoms with Gasteiger partial charge in [-0.3, -0.25) is 4.98 Å². The van der Waals surface area contributed by atoms with Gasteiger partial charge in [-0.05, 0) is 37.1 Å². The van der Waals surface area contributed by atoms with Crippen molar-refractivity contribution in [1.29, 1.82) is 5.26 Å². The van der Waals surface area contributed by atoms with Gasteiger partial charge in [0.25, 0.3) is 0 Å². The maximum atomic E-state index is 9.54. The van der Waals surface area contributed by atoms with Gasteiger partial charge in [0.1, 0.15) is 22.4 Å². The Kier molecular flexibility index (Phi) is 4.77. The molecule has 0 aliphatic rings. The van der Waals surface area contributed by atoms with Gasteiger partial charge in [-0.1, -0.05) is 6.07 Å². The summed E-state index contributed by atoms with van der Waals surface area (Å²) >= 11 is 1.46. The van der Waals surface area contributed by atoms with Crippen molar-refractivity contribution in [2.24, 2.45) is 0 Å². The predicted molar refractivity (Wildman–Crippen MR) is 92.3 cm³/mol. The molecule has 0 radical (unpaired) electrons. The molecule has 120 valence electrons. The van der Waals surface area contributed by atoms with Crippen LogP contribution in [0.3, 0.4) is 0 Å². The summed E-state index contributed by atoms with van der Waals surface area (Å²) in [6.45, 7) is 1.91. The van der Waals surface area contributed by atoms with Crippen molar-refractivity contribution in [2.75, 3.05) is 11.5 Å². The number of furan rings is 1. The molecule has 7 heteroatoms. The number of hydrogen-bond donors (Lipinski definition) is 1. The molecule has 0 atom stereocenters. The molecule has 0 saturated heterocycles. The molecule has 3 rings (SSSR count). The molecule has 2 N–H and O–H groups in total. The maximum Gasteiger partial charge on any atom is 0.221 e. The topological polar surface area (TPSA) is 102 Å². The third-order valence-electron chi connectivity index (χ3n) is 3.29. The normalized spacial score (nSPS) is 10.5. The van der Waals surface area contributed by atoms with E-state index in [4.69, 9.17) is 10.2 Å². The molecule has 0 aromatic carbocycles. The smallest absolute Gasteiger partial charge is 0.221 e. The van der Waals surface area contributed by atoms with E-state index < -0.39 is 0 Å². The van der Waals surface area contributed by atoms with Gasteiger partial charge < -0.3 is 10.2 Å². The van der Waals surface area contributed by atoms with E-state index in [-0.39, 0.29) is 5.95 Å². The highest BCUT2D eigenvalue weighted by Crippen LogP contribution is 2.30. The molecular weight excluding hydrogens is 322 g/mol. The van der Waals surface area contributed by atoms with Gasteiger partial charge in [-0.2, -0.15) is 5.26 Å². The largest absolute Gasteiger partial charge is 0.462 e. The molecule has 0 unspecified atom stereocenters. The van der Waals surface area contributed by atoms with E-state index in [1.807, 2.05) is 31.2 Å². The Morgan fingerprint density at radius 3 is 2.88 bits per heavy atom. The van der Waals surface area contributed by atoms with Crippen molar-refractivity contribution in [1.82, 2.24) is 15.0 Å². The molecule has 3 heterocycles. The Bertz CT molecular complexity index is 886. The number of pyridine rings is 1. The Hall–Kier alpha value is -2.85. The van der Waals surface area contributed by atoms with Crippen LogP contribution in [0.25, 0.3) is 11.5 Å². The minimum absolute atomic E-state index is 0.124. The molecule has 0 bridgehead atoms. The lowest BCUT2D eigenvalue weighted by Crippen LogP contribution is -2.03. The highest BCUT2D eigenvalue weighted by Gasteiger charge is 2.18. The number of rotatable bonds is 5. The van der Waals surface area contributed by atoms with E-state index in [9.17, 15) is 5.26 Å². The minimum Gasteiger partial charge on any atom is -0.462 e. The molecule has 0 spiro atoms. The maximum absolute atomic E-state index is 9.54. The van der Waals surface area contributed by atoms with Crippen LogP contribution in [0.2, 0.25) is 0 Å². The van der Waals surface area contributed by atoms with Gasteiger partial charge >= 0.3 is 0 Å². The zero-order chi connectivity index (χ0) is 16.9. The Morgan fingerprint density at radius 1 is 1.33 bits per heavy atom. The van der Waals surface area contributed by atoms with Crippen molar-refractivity contribution in [3.05, 3.63) is 53.5 Å². The Labute approximate surface area is 143 Å². The number of nitriles is 1. The minimum atomic E-state index is 0.124. The molecule has 0 aliphatic carbocycles. The van der Waals surface area contributed by atoms with Crippen LogP contribution in [0.1, 0.15) is 16.8 Å². The molecule has 0 saturated carbocycles. The molecule has 3 aromatic heterocycles. The summed E-state index contributed by atoms with van der Waals surface area (Å²) in [5.74, 6) is 1.38. The second-order valence-corrected chi connectivity index (χ2v) is 6.21. The van der Waals surface area contributed by atoms with Crippen molar-refractivity contribution in [3.8, 4) is 17.5 Å². The fourth-order valence-electron chi connectivity index (χ4n) is 2.19. The lowest BCUT2D eigenvalue weighted by Gasteiger charge is -2.07. The summed E-state index contributed by atoms with van der Waals surface area (Å²) in [4.78, 5) is 12.7. The van der Waals surface area contributed by atoms with E-state index in [2.05, 4.69) is 21.0 Å². The molecular formula is C17H15N5OS. The number of nitrogens with zero attached hydrogens (tertiary/aromatic N) is 4. The number of aryl methyl sites for hydroxylation is 2. The van der Waals surface area contributed by atoms with Crippen molar-refractivity contribution >= 4 is 17.7 Å². The van der Waals surface area contributed by atoms with Crippen LogP contribution in [0, 0.1) is 18.3 Å². The number of nitrogen functional groups attached to an aromatic ring is 1. The summed E-state index contributed by atoms with van der Waals surface area (Å²) in [5.41, 5.74) is 8.57. The number of anilines is 1. The molecule has 0 fully saturated rings. The van der Waals surface area contributed by atoms with Crippen LogP contribution < -0.4 is 5.73 Å². The molecule has 6 nitrogen and oxygen atoms in total. The van der Waals surface area contributed by atoms with Crippen LogP contribution in [0.4, 0.5) is 5.95 Å². The SMILES string of the molecule is Cc1coc(-c2nc(N)nc(SCCc3ccccn3)c2C#N)c1. The van der Waals surface area contributed by atoms with Crippen molar-refractivity contribution in [3.63, 3.8) is 0 Å². The average Bonchev–Trinajstić information content (AvgIpc) is 3.02. The monoisotopic (exact) mass is 337 g/mol. The third-order valence-corrected chi connectivity index (χ3v) is 4.27. The second kappa shape index (κ2) is 7.15. The lowest BCUT2D eigenvalue weighted by molar-refractivity contribution is 0.577. The first-order chi connectivity index (χ1) is 11.7. The lowest BCUT2D eigenvalue weighted by atomic mass is 10.2. The van der Waals surface area contributed by atoms with Crippen LogP contribution in [-0.2, 0) is 6.42 Å². The molecule has 3 aromatic rings. The van der Waals surface area contributed by atoms with Crippen LogP contribution in [0.15, 0.2) is 46.2 Å². The Morgan fingerprint density at radius 2 is 2.21 bits per heavy atom. The summed E-state index contributed by atoms with van der Waals surface area (Å²) in [6.07, 6.45) is 4.15. The fourth-order valence-corrected chi connectivity index (χ4v) is 3.14. The third kappa shape index (κ3) is 3.55. The summed E-state index contributed by atoms with van der Waals surface area (Å²) in [5, 5.41) is 10.1. The standard InChI is InChI=1S/C17H15N5OS/c1-11-8-14(23-10-11)15-13(9-18)16(22-17(19)21-15)24-7-5-12-4-2-3-6-20-12/h2-4,6,8,10H,5,7H2,1H3,(H2,19,21,22). The van der Waals surface area contributed by atoms with E-state index in [0.29, 0.717) is 22.0 Å². The van der Waals surface area contributed by atoms with E-state index in [0.717, 1.165) is 23.4 Å². The van der Waals surface area contributed by atoms with Crippen LogP contribution in [0.5, 0.6) is 0 Å². The first-order valence-corrected chi connectivity index (χ1v) is 8.31. The van der Waals surface area contributed by atoms with Crippen LogP contribution in [-0.4, -0.2) is 20.7 Å². The number of nitrogens with two attached hydrogens (primary N) is 1. The van der Waals surface area contributed by atoms with E-state index in [1.54, 1.807) is 12.5 Å². The van der Waals surface area contributed by atoms with Gasteiger partial charge in [-0.25, -0.2) is 9.97 Å². The Balaban J connectivity index is 1.85. The average molecular weight is 337 g/mol. The molecule has 0 amide bonds.